The van der Waals surface area contributed by atoms with E-state index < -0.39 is 12.8 Å². The lowest BCUT2D eigenvalue weighted by molar-refractivity contribution is -0.174. The van der Waals surface area contributed by atoms with Gasteiger partial charge in [0.25, 0.3) is 0 Å². The molecule has 2 heterocycles. The van der Waals surface area contributed by atoms with Crippen LogP contribution in [0.15, 0.2) is 12.3 Å². The lowest BCUT2D eigenvalue weighted by Crippen LogP contribution is -2.37. The van der Waals surface area contributed by atoms with Gasteiger partial charge in [-0.1, -0.05) is 0 Å². The minimum Gasteiger partial charge on any atom is -0.382 e. The smallest absolute Gasteiger partial charge is 0.382 e. The first kappa shape index (κ1) is 15.1. The van der Waals surface area contributed by atoms with Crippen LogP contribution in [0.25, 0.3) is 0 Å². The molecule has 1 saturated heterocycles. The zero-order valence-electron chi connectivity index (χ0n) is 11.1. The van der Waals surface area contributed by atoms with Gasteiger partial charge in [-0.25, -0.2) is 0 Å². The third-order valence-electron chi connectivity index (χ3n) is 3.38. The molecule has 0 spiro atoms. The van der Waals surface area contributed by atoms with Gasteiger partial charge in [0.1, 0.15) is 12.4 Å². The minimum absolute atomic E-state index is 0.110. The number of likely N-dealkylation sites (tertiary alicyclic amines) is 1. The highest BCUT2D eigenvalue weighted by atomic mass is 19.4. The Morgan fingerprint density at radius 3 is 2.60 bits per heavy atom. The maximum atomic E-state index is 11.9. The molecule has 0 aromatic carbocycles. The van der Waals surface area contributed by atoms with Crippen molar-refractivity contribution in [2.75, 3.05) is 38.6 Å². The molecule has 0 atom stereocenters. The van der Waals surface area contributed by atoms with E-state index in [0.29, 0.717) is 18.4 Å². The maximum absolute atomic E-state index is 11.9. The van der Waals surface area contributed by atoms with E-state index in [0.717, 1.165) is 25.9 Å². The van der Waals surface area contributed by atoms with E-state index in [1.807, 2.05) is 10.9 Å². The number of nitrogens with two attached hydrogens (primary N) is 1. The van der Waals surface area contributed by atoms with Crippen LogP contribution in [0, 0.1) is 0 Å². The molecule has 2 N–H and O–H groups in total. The molecule has 114 valence electrons. The quantitative estimate of drug-likeness (QED) is 0.839. The summed E-state index contributed by atoms with van der Waals surface area (Å²) in [5.41, 5.74) is 5.58. The van der Waals surface area contributed by atoms with E-state index in [4.69, 9.17) is 5.73 Å². The molecule has 0 unspecified atom stereocenters. The zero-order valence-corrected chi connectivity index (χ0v) is 11.1. The first-order chi connectivity index (χ1) is 9.44. The van der Waals surface area contributed by atoms with Crippen LogP contribution in [0.3, 0.4) is 0 Å². The molecule has 1 aromatic rings. The monoisotopic (exact) mass is 292 g/mol. The number of anilines is 1. The molecule has 1 aliphatic heterocycles. The van der Waals surface area contributed by atoms with Gasteiger partial charge >= 0.3 is 6.18 Å². The van der Waals surface area contributed by atoms with Crippen LogP contribution < -0.4 is 5.73 Å². The summed E-state index contributed by atoms with van der Waals surface area (Å²) >= 11 is 0. The number of nitrogen functional groups attached to an aromatic ring is 1. The van der Waals surface area contributed by atoms with Gasteiger partial charge in [-0.15, -0.1) is 0 Å². The standard InChI is InChI=1S/C12H19F3N4O/c13-12(14,15)9-20-8-7-18-4-1-10(2-5-18)19-6-3-11(16)17-19/h3,6,10H,1-2,4-5,7-9H2,(H2,16,17). The lowest BCUT2D eigenvalue weighted by atomic mass is 10.1. The van der Waals surface area contributed by atoms with Crippen LogP contribution in [0.1, 0.15) is 18.9 Å². The number of alkyl halides is 3. The number of piperidine rings is 1. The topological polar surface area (TPSA) is 56.3 Å². The van der Waals surface area contributed by atoms with E-state index in [9.17, 15) is 13.2 Å². The van der Waals surface area contributed by atoms with E-state index in [-0.39, 0.29) is 6.61 Å². The molecule has 1 aromatic heterocycles. The molecule has 0 aliphatic carbocycles. The second kappa shape index (κ2) is 6.45. The Morgan fingerprint density at radius 2 is 2.05 bits per heavy atom. The fourth-order valence-corrected chi connectivity index (χ4v) is 2.35. The van der Waals surface area contributed by atoms with Gasteiger partial charge < -0.3 is 15.4 Å². The summed E-state index contributed by atoms with van der Waals surface area (Å²) in [5, 5.41) is 4.19. The number of hydrogen-bond acceptors (Lipinski definition) is 4. The normalized spacial score (nSPS) is 18.6. The van der Waals surface area contributed by atoms with Crippen molar-refractivity contribution < 1.29 is 17.9 Å². The Bertz CT molecular complexity index is 413. The molecule has 1 fully saturated rings. The van der Waals surface area contributed by atoms with Crippen molar-refractivity contribution in [2.24, 2.45) is 0 Å². The van der Waals surface area contributed by atoms with Crippen LogP contribution in [0.5, 0.6) is 0 Å². The Balaban J connectivity index is 1.64. The number of ether oxygens (including phenoxy) is 1. The molecule has 5 nitrogen and oxygen atoms in total. The third kappa shape index (κ3) is 4.68. The zero-order chi connectivity index (χ0) is 14.6. The summed E-state index contributed by atoms with van der Waals surface area (Å²) in [6.07, 6.45) is -0.546. The highest BCUT2D eigenvalue weighted by Crippen LogP contribution is 2.22. The third-order valence-corrected chi connectivity index (χ3v) is 3.38. The van der Waals surface area contributed by atoms with Crippen molar-refractivity contribution >= 4 is 5.82 Å². The van der Waals surface area contributed by atoms with E-state index >= 15 is 0 Å². The summed E-state index contributed by atoms with van der Waals surface area (Å²) < 4.78 is 42.2. The molecule has 0 saturated carbocycles. The Hall–Kier alpha value is -1.28. The van der Waals surface area contributed by atoms with Gasteiger partial charge in [0.15, 0.2) is 0 Å². The first-order valence-electron chi connectivity index (χ1n) is 6.61. The van der Waals surface area contributed by atoms with Gasteiger partial charge in [-0.05, 0) is 18.9 Å². The second-order valence-electron chi connectivity index (χ2n) is 4.96. The minimum atomic E-state index is -4.24. The second-order valence-corrected chi connectivity index (χ2v) is 4.96. The van der Waals surface area contributed by atoms with Gasteiger partial charge in [0.05, 0.1) is 12.6 Å². The van der Waals surface area contributed by atoms with E-state index in [2.05, 4.69) is 14.7 Å². The number of halogens is 3. The van der Waals surface area contributed by atoms with Crippen molar-refractivity contribution in [1.29, 1.82) is 0 Å². The van der Waals surface area contributed by atoms with Crippen molar-refractivity contribution in [2.45, 2.75) is 25.1 Å². The highest BCUT2D eigenvalue weighted by molar-refractivity contribution is 5.24. The maximum Gasteiger partial charge on any atom is 0.411 e. The fraction of sp³-hybridized carbons (Fsp3) is 0.750. The lowest BCUT2D eigenvalue weighted by Gasteiger charge is -2.31. The Morgan fingerprint density at radius 1 is 1.35 bits per heavy atom. The molecular weight excluding hydrogens is 273 g/mol. The molecule has 2 rings (SSSR count). The van der Waals surface area contributed by atoms with Crippen LogP contribution >= 0.6 is 0 Å². The van der Waals surface area contributed by atoms with Gasteiger partial charge in [-0.3, -0.25) is 4.68 Å². The predicted octanol–water partition coefficient (Wildman–Crippen LogP) is 1.68. The molecule has 0 amide bonds. The summed E-state index contributed by atoms with van der Waals surface area (Å²) in [6, 6.07) is 2.08. The van der Waals surface area contributed by atoms with Crippen LogP contribution in [0.4, 0.5) is 19.0 Å². The predicted molar refractivity (Wildman–Crippen MR) is 68.2 cm³/mol. The summed E-state index contributed by atoms with van der Waals surface area (Å²) in [7, 11) is 0. The summed E-state index contributed by atoms with van der Waals surface area (Å²) in [6.45, 7) is 1.14. The van der Waals surface area contributed by atoms with Gasteiger partial charge in [0.2, 0.25) is 0 Å². The molecule has 0 bridgehead atoms. The SMILES string of the molecule is Nc1ccn(C2CCN(CCOCC(F)(F)F)CC2)n1. The van der Waals surface area contributed by atoms with Crippen molar-refractivity contribution in [3.8, 4) is 0 Å². The molecular formula is C12H19F3N4O. The average molecular weight is 292 g/mol. The Kier molecular flexibility index (Phi) is 4.87. The van der Waals surface area contributed by atoms with Crippen molar-refractivity contribution in [1.82, 2.24) is 14.7 Å². The van der Waals surface area contributed by atoms with Crippen molar-refractivity contribution in [3.05, 3.63) is 12.3 Å². The van der Waals surface area contributed by atoms with Crippen LogP contribution in [0.2, 0.25) is 0 Å². The van der Waals surface area contributed by atoms with E-state index in [1.165, 1.54) is 0 Å². The number of hydrogen-bond donors (Lipinski definition) is 1. The first-order valence-corrected chi connectivity index (χ1v) is 6.61. The van der Waals surface area contributed by atoms with Crippen LogP contribution in [-0.4, -0.2) is 53.7 Å². The summed E-state index contributed by atoms with van der Waals surface area (Å²) in [5.74, 6) is 0.507. The molecule has 20 heavy (non-hydrogen) atoms. The molecule has 0 radical (unpaired) electrons. The van der Waals surface area contributed by atoms with Gasteiger partial charge in [-0.2, -0.15) is 18.3 Å². The number of rotatable bonds is 5. The molecule has 8 heteroatoms. The number of aromatic nitrogens is 2. The number of nitrogens with zero attached hydrogens (tertiary/aromatic N) is 3. The van der Waals surface area contributed by atoms with E-state index in [1.54, 1.807) is 6.07 Å². The van der Waals surface area contributed by atoms with Crippen molar-refractivity contribution in [3.63, 3.8) is 0 Å². The van der Waals surface area contributed by atoms with Crippen LogP contribution in [-0.2, 0) is 4.74 Å². The van der Waals surface area contributed by atoms with Gasteiger partial charge in [0, 0.05) is 25.8 Å². The average Bonchev–Trinajstić information content (AvgIpc) is 2.81. The summed E-state index contributed by atoms with van der Waals surface area (Å²) in [4.78, 5) is 2.11. The largest absolute Gasteiger partial charge is 0.411 e. The molecule has 1 aliphatic rings. The highest BCUT2D eigenvalue weighted by Gasteiger charge is 2.27. The fourth-order valence-electron chi connectivity index (χ4n) is 2.35. The Labute approximate surface area is 115 Å².